The molecule has 0 saturated carbocycles. The van der Waals surface area contributed by atoms with Crippen molar-refractivity contribution in [3.05, 3.63) is 70.3 Å². The van der Waals surface area contributed by atoms with E-state index in [1.807, 2.05) is 6.07 Å². The first-order valence-electron chi connectivity index (χ1n) is 6.63. The molecule has 22 heavy (non-hydrogen) atoms. The van der Waals surface area contributed by atoms with E-state index in [1.165, 1.54) is 24.3 Å². The minimum absolute atomic E-state index is 0.0225. The second kappa shape index (κ2) is 6.81. The highest BCUT2D eigenvalue weighted by atomic mass is 19.1. The Hall–Kier alpha value is -2.74. The first-order valence-corrected chi connectivity index (χ1v) is 6.63. The molecule has 0 radical (unpaired) electrons. The molecule has 2 aromatic carbocycles. The first-order chi connectivity index (χ1) is 10.5. The quantitative estimate of drug-likeness (QED) is 0.812. The Morgan fingerprint density at radius 2 is 2.00 bits per heavy atom. The molecule has 0 heterocycles. The van der Waals surface area contributed by atoms with Gasteiger partial charge in [-0.1, -0.05) is 12.1 Å². The molecule has 0 bridgehead atoms. The summed E-state index contributed by atoms with van der Waals surface area (Å²) >= 11 is 0. The van der Waals surface area contributed by atoms with Gasteiger partial charge in [0.15, 0.2) is 0 Å². The molecule has 0 unspecified atom stereocenters. The normalized spacial score (nSPS) is 10.1. The van der Waals surface area contributed by atoms with E-state index in [1.54, 1.807) is 6.92 Å². The van der Waals surface area contributed by atoms with Crippen LogP contribution in [0, 0.1) is 29.9 Å². The Balaban J connectivity index is 1.98. The van der Waals surface area contributed by atoms with Crippen LogP contribution in [0.5, 0.6) is 0 Å². The number of benzene rings is 2. The Morgan fingerprint density at radius 3 is 2.68 bits per heavy atom. The fraction of sp³-hybridized carbons (Fsp3) is 0.176. The molecule has 0 atom stereocenters. The molecule has 2 aromatic rings. The van der Waals surface area contributed by atoms with Crippen LogP contribution in [0.15, 0.2) is 36.4 Å². The van der Waals surface area contributed by atoms with Gasteiger partial charge in [0.05, 0.1) is 23.8 Å². The van der Waals surface area contributed by atoms with Crippen LogP contribution < -0.4 is 0 Å². The van der Waals surface area contributed by atoms with Crippen molar-refractivity contribution >= 4 is 5.97 Å². The predicted molar refractivity (Wildman–Crippen MR) is 76.2 cm³/mol. The molecule has 0 spiro atoms. The highest BCUT2D eigenvalue weighted by Crippen LogP contribution is 2.13. The maximum atomic E-state index is 13.4. The van der Waals surface area contributed by atoms with Crippen molar-refractivity contribution in [1.29, 1.82) is 5.26 Å². The van der Waals surface area contributed by atoms with Gasteiger partial charge >= 0.3 is 5.97 Å². The third kappa shape index (κ3) is 3.67. The highest BCUT2D eigenvalue weighted by molar-refractivity contribution is 5.89. The first kappa shape index (κ1) is 15.6. The summed E-state index contributed by atoms with van der Waals surface area (Å²) in [4.78, 5) is 11.8. The average Bonchev–Trinajstić information content (AvgIpc) is 2.51. The molecular weight excluding hydrogens is 288 g/mol. The molecule has 5 heteroatoms. The summed E-state index contributed by atoms with van der Waals surface area (Å²) in [5.74, 6) is -1.60. The molecule has 0 saturated heterocycles. The van der Waals surface area contributed by atoms with E-state index in [4.69, 9.17) is 10.00 Å². The van der Waals surface area contributed by atoms with E-state index < -0.39 is 17.6 Å². The van der Waals surface area contributed by atoms with Crippen molar-refractivity contribution in [2.24, 2.45) is 0 Å². The molecular formula is C17H13F2NO2. The zero-order chi connectivity index (χ0) is 16.1. The monoisotopic (exact) mass is 301 g/mol. The lowest BCUT2D eigenvalue weighted by atomic mass is 10.1. The second-order valence-corrected chi connectivity index (χ2v) is 4.76. The van der Waals surface area contributed by atoms with Crippen molar-refractivity contribution in [1.82, 2.24) is 0 Å². The zero-order valence-electron chi connectivity index (χ0n) is 11.9. The van der Waals surface area contributed by atoms with Gasteiger partial charge in [-0.25, -0.2) is 13.6 Å². The van der Waals surface area contributed by atoms with Gasteiger partial charge < -0.3 is 4.74 Å². The number of nitriles is 1. The molecule has 0 amide bonds. The lowest BCUT2D eigenvalue weighted by Gasteiger charge is -2.07. The van der Waals surface area contributed by atoms with Crippen molar-refractivity contribution in [2.45, 2.75) is 13.3 Å². The zero-order valence-corrected chi connectivity index (χ0v) is 11.9. The van der Waals surface area contributed by atoms with Crippen LogP contribution >= 0.6 is 0 Å². The summed E-state index contributed by atoms with van der Waals surface area (Å²) in [5.41, 5.74) is 1.37. The molecule has 2 rings (SSSR count). The Labute approximate surface area is 126 Å². The number of carbonyl (C=O) groups is 1. The number of nitrogens with zero attached hydrogens (tertiary/aromatic N) is 1. The van der Waals surface area contributed by atoms with Gasteiger partial charge in [-0.05, 0) is 42.3 Å². The predicted octanol–water partition coefficient (Wildman–Crippen LogP) is 3.54. The van der Waals surface area contributed by atoms with Crippen LogP contribution in [0.25, 0.3) is 0 Å². The van der Waals surface area contributed by atoms with Crippen LogP contribution in [0.2, 0.25) is 0 Å². The van der Waals surface area contributed by atoms with E-state index in [0.29, 0.717) is 11.1 Å². The SMILES string of the molecule is Cc1ccc(C(=O)OCCc2ccc(F)cc2C#N)cc1F. The van der Waals surface area contributed by atoms with Gasteiger partial charge in [0.1, 0.15) is 11.6 Å². The van der Waals surface area contributed by atoms with Crippen molar-refractivity contribution in [2.75, 3.05) is 6.61 Å². The van der Waals surface area contributed by atoms with Crippen LogP contribution in [-0.4, -0.2) is 12.6 Å². The number of aryl methyl sites for hydroxylation is 1. The minimum atomic E-state index is -0.639. The second-order valence-electron chi connectivity index (χ2n) is 4.76. The van der Waals surface area contributed by atoms with Gasteiger partial charge in [0.25, 0.3) is 0 Å². The molecule has 0 aliphatic carbocycles. The standard InChI is InChI=1S/C17H13F2NO2/c1-11-2-3-13(9-16(11)19)17(21)22-7-6-12-4-5-15(18)8-14(12)10-20/h2-5,8-9H,6-7H2,1H3. The molecule has 0 fully saturated rings. The average molecular weight is 301 g/mol. The fourth-order valence-corrected chi connectivity index (χ4v) is 1.93. The number of ether oxygens (including phenoxy) is 1. The molecule has 112 valence electrons. The van der Waals surface area contributed by atoms with Gasteiger partial charge in [0, 0.05) is 6.42 Å². The lowest BCUT2D eigenvalue weighted by molar-refractivity contribution is 0.0508. The van der Waals surface area contributed by atoms with Gasteiger partial charge in [-0.2, -0.15) is 5.26 Å². The van der Waals surface area contributed by atoms with Gasteiger partial charge in [0.2, 0.25) is 0 Å². The van der Waals surface area contributed by atoms with E-state index in [-0.39, 0.29) is 24.2 Å². The van der Waals surface area contributed by atoms with E-state index in [9.17, 15) is 13.6 Å². The molecule has 0 aliphatic heterocycles. The molecule has 3 nitrogen and oxygen atoms in total. The Morgan fingerprint density at radius 1 is 1.23 bits per heavy atom. The summed E-state index contributed by atoms with van der Waals surface area (Å²) in [5, 5.41) is 8.92. The number of rotatable bonds is 4. The van der Waals surface area contributed by atoms with Gasteiger partial charge in [-0.15, -0.1) is 0 Å². The summed E-state index contributed by atoms with van der Waals surface area (Å²) in [6.07, 6.45) is 0.281. The maximum Gasteiger partial charge on any atom is 0.338 e. The third-order valence-corrected chi connectivity index (χ3v) is 3.20. The van der Waals surface area contributed by atoms with Crippen LogP contribution in [-0.2, 0) is 11.2 Å². The van der Waals surface area contributed by atoms with E-state index in [0.717, 1.165) is 12.1 Å². The number of halogens is 2. The molecule has 0 N–H and O–H groups in total. The molecule has 0 aromatic heterocycles. The number of hydrogen-bond donors (Lipinski definition) is 0. The van der Waals surface area contributed by atoms with Crippen molar-refractivity contribution in [3.8, 4) is 6.07 Å². The van der Waals surface area contributed by atoms with Crippen LogP contribution in [0.4, 0.5) is 8.78 Å². The summed E-state index contributed by atoms with van der Waals surface area (Å²) in [6, 6.07) is 9.85. The summed E-state index contributed by atoms with van der Waals surface area (Å²) < 4.78 is 31.4. The smallest absolute Gasteiger partial charge is 0.338 e. The van der Waals surface area contributed by atoms with Crippen LogP contribution in [0.1, 0.15) is 27.0 Å². The topological polar surface area (TPSA) is 50.1 Å². The van der Waals surface area contributed by atoms with Crippen molar-refractivity contribution < 1.29 is 18.3 Å². The fourth-order valence-electron chi connectivity index (χ4n) is 1.93. The lowest BCUT2D eigenvalue weighted by Crippen LogP contribution is -2.09. The summed E-state index contributed by atoms with van der Waals surface area (Å²) in [6.45, 7) is 1.62. The Bertz CT molecular complexity index is 751. The van der Waals surface area contributed by atoms with E-state index >= 15 is 0 Å². The third-order valence-electron chi connectivity index (χ3n) is 3.20. The maximum absolute atomic E-state index is 13.4. The van der Waals surface area contributed by atoms with E-state index in [2.05, 4.69) is 0 Å². The van der Waals surface area contributed by atoms with Crippen LogP contribution in [0.3, 0.4) is 0 Å². The van der Waals surface area contributed by atoms with Crippen molar-refractivity contribution in [3.63, 3.8) is 0 Å². The van der Waals surface area contributed by atoms with Gasteiger partial charge in [-0.3, -0.25) is 0 Å². The molecule has 0 aliphatic rings. The number of esters is 1. The number of hydrogen-bond acceptors (Lipinski definition) is 3. The number of carbonyl (C=O) groups excluding carboxylic acids is 1. The Kier molecular flexibility index (Phi) is 4.84. The largest absolute Gasteiger partial charge is 0.462 e. The minimum Gasteiger partial charge on any atom is -0.462 e. The summed E-state index contributed by atoms with van der Waals surface area (Å²) in [7, 11) is 0. The highest BCUT2D eigenvalue weighted by Gasteiger charge is 2.10.